The average Bonchev–Trinajstić information content (AvgIpc) is 2.38. The van der Waals surface area contributed by atoms with E-state index in [2.05, 4.69) is 4.98 Å². The number of thioether (sulfide) groups is 1. The van der Waals surface area contributed by atoms with Crippen molar-refractivity contribution >= 4 is 29.1 Å². The van der Waals surface area contributed by atoms with E-state index in [1.165, 1.54) is 12.1 Å². The zero-order valence-electron chi connectivity index (χ0n) is 9.25. The van der Waals surface area contributed by atoms with E-state index in [0.29, 0.717) is 5.15 Å². The summed E-state index contributed by atoms with van der Waals surface area (Å²) in [5.74, 6) is 0.752. The molecule has 0 unspecified atom stereocenters. The molecular weight excluding hydrogens is 272 g/mol. The number of halogens is 1. The highest BCUT2D eigenvalue weighted by Crippen LogP contribution is 2.24. The summed E-state index contributed by atoms with van der Waals surface area (Å²) in [6, 6.07) is 10.1. The van der Waals surface area contributed by atoms with Crippen molar-refractivity contribution in [1.82, 2.24) is 4.98 Å². The first-order valence-corrected chi connectivity index (χ1v) is 6.49. The van der Waals surface area contributed by atoms with Gasteiger partial charge in [0, 0.05) is 29.0 Å². The molecule has 0 saturated carbocycles. The normalized spacial score (nSPS) is 10.3. The van der Waals surface area contributed by atoms with Gasteiger partial charge in [-0.05, 0) is 23.8 Å². The van der Waals surface area contributed by atoms with E-state index >= 15 is 0 Å². The number of nitro benzene ring substituents is 1. The van der Waals surface area contributed by atoms with Crippen molar-refractivity contribution in [2.75, 3.05) is 0 Å². The standard InChI is InChI=1S/C12H9ClN2O2S/c13-12-6-1-9(7-14-12)8-18-11-4-2-10(3-5-11)15(16)17/h1-7H,8H2. The largest absolute Gasteiger partial charge is 0.269 e. The van der Waals surface area contributed by atoms with Crippen LogP contribution < -0.4 is 0 Å². The predicted octanol–water partition coefficient (Wildman–Crippen LogP) is 3.94. The Labute approximate surface area is 113 Å². The quantitative estimate of drug-likeness (QED) is 0.368. The maximum absolute atomic E-state index is 10.5. The molecule has 0 spiro atoms. The van der Waals surface area contributed by atoms with Crippen LogP contribution in [0, 0.1) is 10.1 Å². The number of benzene rings is 1. The molecule has 18 heavy (non-hydrogen) atoms. The molecule has 0 amide bonds. The lowest BCUT2D eigenvalue weighted by atomic mass is 10.3. The zero-order chi connectivity index (χ0) is 13.0. The summed E-state index contributed by atoms with van der Waals surface area (Å²) in [6.45, 7) is 0. The van der Waals surface area contributed by atoms with Crippen LogP contribution in [-0.4, -0.2) is 9.91 Å². The first-order valence-electron chi connectivity index (χ1n) is 5.13. The molecule has 0 saturated heterocycles. The minimum absolute atomic E-state index is 0.104. The van der Waals surface area contributed by atoms with Gasteiger partial charge in [-0.1, -0.05) is 17.7 Å². The summed E-state index contributed by atoms with van der Waals surface area (Å²) < 4.78 is 0. The number of hydrogen-bond donors (Lipinski definition) is 0. The molecule has 0 bridgehead atoms. The molecule has 1 aromatic heterocycles. The molecule has 0 atom stereocenters. The van der Waals surface area contributed by atoms with Gasteiger partial charge in [-0.3, -0.25) is 10.1 Å². The minimum Gasteiger partial charge on any atom is -0.258 e. The van der Waals surface area contributed by atoms with Gasteiger partial charge in [0.25, 0.3) is 5.69 Å². The van der Waals surface area contributed by atoms with Crippen LogP contribution in [-0.2, 0) is 5.75 Å². The SMILES string of the molecule is O=[N+]([O-])c1ccc(SCc2ccc(Cl)nc2)cc1. The van der Waals surface area contributed by atoms with E-state index in [9.17, 15) is 10.1 Å². The van der Waals surface area contributed by atoms with Gasteiger partial charge in [0.15, 0.2) is 0 Å². The topological polar surface area (TPSA) is 56.0 Å². The lowest BCUT2D eigenvalue weighted by molar-refractivity contribution is -0.384. The van der Waals surface area contributed by atoms with Crippen molar-refractivity contribution in [2.45, 2.75) is 10.6 Å². The van der Waals surface area contributed by atoms with Gasteiger partial charge in [-0.25, -0.2) is 4.98 Å². The smallest absolute Gasteiger partial charge is 0.258 e. The van der Waals surface area contributed by atoms with Crippen LogP contribution in [0.4, 0.5) is 5.69 Å². The van der Waals surface area contributed by atoms with Crippen LogP contribution in [0.3, 0.4) is 0 Å². The van der Waals surface area contributed by atoms with Crippen molar-refractivity contribution in [2.24, 2.45) is 0 Å². The Morgan fingerprint density at radius 2 is 1.94 bits per heavy atom. The van der Waals surface area contributed by atoms with Crippen LogP contribution in [0.1, 0.15) is 5.56 Å². The Morgan fingerprint density at radius 3 is 2.50 bits per heavy atom. The molecule has 0 radical (unpaired) electrons. The number of pyridine rings is 1. The maximum atomic E-state index is 10.5. The van der Waals surface area contributed by atoms with Crippen molar-refractivity contribution in [3.8, 4) is 0 Å². The second-order valence-electron chi connectivity index (χ2n) is 3.53. The van der Waals surface area contributed by atoms with Gasteiger partial charge in [-0.2, -0.15) is 0 Å². The van der Waals surface area contributed by atoms with Crippen LogP contribution >= 0.6 is 23.4 Å². The van der Waals surface area contributed by atoms with Crippen LogP contribution in [0.25, 0.3) is 0 Å². The summed E-state index contributed by atoms with van der Waals surface area (Å²) in [5.41, 5.74) is 1.16. The highest BCUT2D eigenvalue weighted by molar-refractivity contribution is 7.98. The Kier molecular flexibility index (Phi) is 4.17. The van der Waals surface area contributed by atoms with Gasteiger partial charge in [0.2, 0.25) is 0 Å². The highest BCUT2D eigenvalue weighted by atomic mass is 35.5. The summed E-state index contributed by atoms with van der Waals surface area (Å²) in [4.78, 5) is 15.1. The van der Waals surface area contributed by atoms with Crippen LogP contribution in [0.15, 0.2) is 47.5 Å². The number of nitro groups is 1. The van der Waals surface area contributed by atoms with E-state index in [1.807, 2.05) is 6.07 Å². The second-order valence-corrected chi connectivity index (χ2v) is 4.96. The maximum Gasteiger partial charge on any atom is 0.269 e. The summed E-state index contributed by atoms with van der Waals surface area (Å²) in [5, 5.41) is 11.0. The van der Waals surface area contributed by atoms with Crippen LogP contribution in [0.5, 0.6) is 0 Å². The third-order valence-electron chi connectivity index (χ3n) is 2.24. The lowest BCUT2D eigenvalue weighted by Gasteiger charge is -2.01. The molecule has 4 nitrogen and oxygen atoms in total. The molecule has 0 aliphatic heterocycles. The van der Waals surface area contributed by atoms with Gasteiger partial charge < -0.3 is 0 Å². The highest BCUT2D eigenvalue weighted by Gasteiger charge is 2.04. The molecule has 1 heterocycles. The average molecular weight is 281 g/mol. The van der Waals surface area contributed by atoms with Crippen molar-refractivity contribution in [1.29, 1.82) is 0 Å². The van der Waals surface area contributed by atoms with E-state index in [0.717, 1.165) is 16.2 Å². The van der Waals surface area contributed by atoms with E-state index < -0.39 is 4.92 Å². The summed E-state index contributed by atoms with van der Waals surface area (Å²) >= 11 is 7.29. The Bertz CT molecular complexity index is 543. The first kappa shape index (κ1) is 12.9. The van der Waals surface area contributed by atoms with Crippen LogP contribution in [0.2, 0.25) is 5.15 Å². The summed E-state index contributed by atoms with van der Waals surface area (Å²) in [6.07, 6.45) is 1.72. The molecule has 0 fully saturated rings. The van der Waals surface area contributed by atoms with E-state index in [4.69, 9.17) is 11.6 Å². The third kappa shape index (κ3) is 3.45. The number of nitrogens with zero attached hydrogens (tertiary/aromatic N) is 2. The molecular formula is C12H9ClN2O2S. The number of rotatable bonds is 4. The summed E-state index contributed by atoms with van der Waals surface area (Å²) in [7, 11) is 0. The van der Waals surface area contributed by atoms with Crippen molar-refractivity contribution in [3.63, 3.8) is 0 Å². The Morgan fingerprint density at radius 1 is 1.22 bits per heavy atom. The number of hydrogen-bond acceptors (Lipinski definition) is 4. The molecule has 1 aromatic carbocycles. The fourth-order valence-electron chi connectivity index (χ4n) is 1.32. The Balaban J connectivity index is 1.97. The lowest BCUT2D eigenvalue weighted by Crippen LogP contribution is -1.87. The molecule has 0 aliphatic rings. The van der Waals surface area contributed by atoms with Gasteiger partial charge in [0.05, 0.1) is 4.92 Å². The minimum atomic E-state index is -0.405. The molecule has 0 N–H and O–H groups in total. The van der Waals surface area contributed by atoms with Crippen molar-refractivity contribution in [3.05, 3.63) is 63.4 Å². The second kappa shape index (κ2) is 5.84. The number of non-ortho nitro benzene ring substituents is 1. The van der Waals surface area contributed by atoms with E-state index in [1.54, 1.807) is 36.2 Å². The first-order chi connectivity index (χ1) is 8.65. The van der Waals surface area contributed by atoms with Crippen molar-refractivity contribution < 1.29 is 4.92 Å². The monoisotopic (exact) mass is 280 g/mol. The van der Waals surface area contributed by atoms with Gasteiger partial charge >= 0.3 is 0 Å². The molecule has 2 rings (SSSR count). The van der Waals surface area contributed by atoms with Gasteiger partial charge in [0.1, 0.15) is 5.15 Å². The molecule has 2 aromatic rings. The van der Waals surface area contributed by atoms with E-state index in [-0.39, 0.29) is 5.69 Å². The predicted molar refractivity (Wildman–Crippen MR) is 71.9 cm³/mol. The molecule has 92 valence electrons. The fourth-order valence-corrected chi connectivity index (χ4v) is 2.27. The number of aromatic nitrogens is 1. The third-order valence-corrected chi connectivity index (χ3v) is 3.55. The zero-order valence-corrected chi connectivity index (χ0v) is 10.8. The van der Waals surface area contributed by atoms with Gasteiger partial charge in [-0.15, -0.1) is 11.8 Å². The Hall–Kier alpha value is -1.59. The fraction of sp³-hybridized carbons (Fsp3) is 0.0833. The molecule has 0 aliphatic carbocycles. The molecule has 6 heteroatoms.